The van der Waals surface area contributed by atoms with E-state index in [1.807, 2.05) is 6.20 Å². The molecule has 0 bridgehead atoms. The fourth-order valence-corrected chi connectivity index (χ4v) is 3.70. The van der Waals surface area contributed by atoms with Crippen LogP contribution in [-0.4, -0.2) is 52.4 Å². The first-order valence-electron chi connectivity index (χ1n) is 9.00. The molecule has 1 aliphatic carbocycles. The summed E-state index contributed by atoms with van der Waals surface area (Å²) in [6.07, 6.45) is 6.73. The highest BCUT2D eigenvalue weighted by Gasteiger charge is 2.35. The first-order valence-corrected chi connectivity index (χ1v) is 9.00. The minimum absolute atomic E-state index is 0.0535. The van der Waals surface area contributed by atoms with Crippen molar-refractivity contribution in [3.05, 3.63) is 35.4 Å². The Morgan fingerprint density at radius 1 is 1.35 bits per heavy atom. The Morgan fingerprint density at radius 3 is 2.88 bits per heavy atom. The van der Waals surface area contributed by atoms with Crippen molar-refractivity contribution in [2.24, 2.45) is 5.41 Å². The topological polar surface area (TPSA) is 96.0 Å². The van der Waals surface area contributed by atoms with Gasteiger partial charge in [0.1, 0.15) is 0 Å². The summed E-state index contributed by atoms with van der Waals surface area (Å²) in [5, 5.41) is 9.64. The number of nitrogens with one attached hydrogen (secondary N) is 2. The van der Waals surface area contributed by atoms with Crippen molar-refractivity contribution in [3.8, 4) is 0 Å². The van der Waals surface area contributed by atoms with Gasteiger partial charge in [-0.15, -0.1) is 0 Å². The van der Waals surface area contributed by atoms with Gasteiger partial charge >= 0.3 is 0 Å². The van der Waals surface area contributed by atoms with E-state index in [0.717, 1.165) is 43.1 Å². The van der Waals surface area contributed by atoms with Crippen LogP contribution in [0.2, 0.25) is 0 Å². The first kappa shape index (κ1) is 17.0. The van der Waals surface area contributed by atoms with Crippen molar-refractivity contribution < 1.29 is 9.53 Å². The summed E-state index contributed by atoms with van der Waals surface area (Å²) >= 11 is 0. The van der Waals surface area contributed by atoms with Crippen LogP contribution in [-0.2, 0) is 11.2 Å². The van der Waals surface area contributed by atoms with Crippen LogP contribution in [0.15, 0.2) is 18.6 Å². The average molecular weight is 356 g/mol. The molecule has 0 aromatic carbocycles. The Bertz CT molecular complexity index is 783. The van der Waals surface area contributed by atoms with Crippen molar-refractivity contribution in [1.29, 1.82) is 0 Å². The number of hydrogen-bond donors (Lipinski definition) is 2. The van der Waals surface area contributed by atoms with Gasteiger partial charge in [0, 0.05) is 31.0 Å². The number of carbonyl (C=O) groups excluding carboxylic acids is 1. The normalized spacial score (nSPS) is 21.9. The Morgan fingerprint density at radius 2 is 2.15 bits per heavy atom. The third-order valence-corrected chi connectivity index (χ3v) is 5.03. The van der Waals surface area contributed by atoms with E-state index >= 15 is 0 Å². The highest BCUT2D eigenvalue weighted by molar-refractivity contribution is 5.93. The van der Waals surface area contributed by atoms with E-state index in [4.69, 9.17) is 9.72 Å². The maximum atomic E-state index is 12.5. The van der Waals surface area contributed by atoms with Gasteiger partial charge in [-0.2, -0.15) is 5.10 Å². The van der Waals surface area contributed by atoms with E-state index in [0.29, 0.717) is 18.8 Å². The molecule has 8 heteroatoms. The zero-order chi connectivity index (χ0) is 18.1. The number of nitrogens with zero attached hydrogens (tertiary/aromatic N) is 4. The second kappa shape index (κ2) is 6.68. The van der Waals surface area contributed by atoms with E-state index in [2.05, 4.69) is 39.2 Å². The lowest BCUT2D eigenvalue weighted by atomic mass is 9.74. The first-order chi connectivity index (χ1) is 12.5. The number of carbonyl (C=O) groups is 1. The molecule has 2 aliphatic rings. The fraction of sp³-hybridized carbons (Fsp3) is 0.556. The minimum atomic E-state index is -0.135. The van der Waals surface area contributed by atoms with Crippen molar-refractivity contribution in [2.45, 2.75) is 32.7 Å². The maximum Gasteiger partial charge on any atom is 0.254 e. The molecule has 26 heavy (non-hydrogen) atoms. The van der Waals surface area contributed by atoms with Gasteiger partial charge < -0.3 is 15.0 Å². The third-order valence-electron chi connectivity index (χ3n) is 5.03. The molecule has 0 unspecified atom stereocenters. The SMILES string of the molecule is CC1(C)Cc2nc(N3CCOCC3)ncc2[C@H](NC(=O)c2cn[nH]c2)C1. The molecule has 0 spiro atoms. The zero-order valence-electron chi connectivity index (χ0n) is 15.2. The van der Waals surface area contributed by atoms with E-state index in [-0.39, 0.29) is 17.4 Å². The van der Waals surface area contributed by atoms with Crippen LogP contribution >= 0.6 is 0 Å². The smallest absolute Gasteiger partial charge is 0.254 e. The molecule has 0 radical (unpaired) electrons. The van der Waals surface area contributed by atoms with Crippen molar-refractivity contribution in [3.63, 3.8) is 0 Å². The van der Waals surface area contributed by atoms with Crippen molar-refractivity contribution in [1.82, 2.24) is 25.5 Å². The third kappa shape index (κ3) is 3.41. The van der Waals surface area contributed by atoms with E-state index in [1.165, 1.54) is 6.20 Å². The van der Waals surface area contributed by atoms with Crippen molar-refractivity contribution >= 4 is 11.9 Å². The molecule has 1 saturated heterocycles. The standard InChI is InChI=1S/C18H24N6O2/c1-18(2)7-14(22-16(25)12-9-20-21-10-12)13-11-19-17(23-15(13)8-18)24-3-5-26-6-4-24/h9-11,14H,3-8H2,1-2H3,(H,20,21)(H,22,25)/t14-/m1/s1. The summed E-state index contributed by atoms with van der Waals surface area (Å²) in [5.41, 5.74) is 2.62. The summed E-state index contributed by atoms with van der Waals surface area (Å²) in [5.74, 6) is 0.620. The minimum Gasteiger partial charge on any atom is -0.378 e. The van der Waals surface area contributed by atoms with Gasteiger partial charge in [0.25, 0.3) is 5.91 Å². The molecule has 2 aromatic heterocycles. The number of H-pyrrole nitrogens is 1. The predicted molar refractivity (Wildman–Crippen MR) is 96.0 cm³/mol. The molecule has 1 amide bonds. The number of amides is 1. The van der Waals surface area contributed by atoms with Crippen LogP contribution in [0, 0.1) is 5.41 Å². The number of rotatable bonds is 3. The summed E-state index contributed by atoms with van der Waals surface area (Å²) in [6.45, 7) is 7.45. The van der Waals surface area contributed by atoms with E-state index < -0.39 is 0 Å². The summed E-state index contributed by atoms with van der Waals surface area (Å²) in [7, 11) is 0. The van der Waals surface area contributed by atoms with Crippen LogP contribution in [0.4, 0.5) is 5.95 Å². The van der Waals surface area contributed by atoms with E-state index in [1.54, 1.807) is 6.20 Å². The van der Waals surface area contributed by atoms with Crippen LogP contribution in [0.25, 0.3) is 0 Å². The lowest BCUT2D eigenvalue weighted by Gasteiger charge is -2.37. The fourth-order valence-electron chi connectivity index (χ4n) is 3.70. The molecular weight excluding hydrogens is 332 g/mol. The molecule has 3 heterocycles. The Balaban J connectivity index is 1.60. The maximum absolute atomic E-state index is 12.5. The van der Waals surface area contributed by atoms with Crippen LogP contribution in [0.5, 0.6) is 0 Å². The van der Waals surface area contributed by atoms with Gasteiger partial charge in [-0.3, -0.25) is 9.89 Å². The average Bonchev–Trinajstić information content (AvgIpc) is 3.16. The summed E-state index contributed by atoms with van der Waals surface area (Å²) in [6, 6.07) is -0.102. The van der Waals surface area contributed by atoms with Gasteiger partial charge in [-0.1, -0.05) is 13.8 Å². The lowest BCUT2D eigenvalue weighted by molar-refractivity contribution is 0.0919. The Hall–Kier alpha value is -2.48. The number of hydrogen-bond acceptors (Lipinski definition) is 6. The molecule has 138 valence electrons. The zero-order valence-corrected chi connectivity index (χ0v) is 15.2. The molecule has 2 aromatic rings. The largest absolute Gasteiger partial charge is 0.378 e. The monoisotopic (exact) mass is 356 g/mol. The molecule has 0 saturated carbocycles. The predicted octanol–water partition coefficient (Wildman–Crippen LogP) is 1.48. The van der Waals surface area contributed by atoms with Gasteiger partial charge in [0.2, 0.25) is 5.95 Å². The Kier molecular flexibility index (Phi) is 4.36. The Labute approximate surface area is 152 Å². The molecule has 1 atom stereocenters. The molecular formula is C18H24N6O2. The van der Waals surface area contributed by atoms with Crippen molar-refractivity contribution in [2.75, 3.05) is 31.2 Å². The van der Waals surface area contributed by atoms with Gasteiger partial charge in [0.15, 0.2) is 0 Å². The van der Waals surface area contributed by atoms with E-state index in [9.17, 15) is 4.79 Å². The molecule has 8 nitrogen and oxygen atoms in total. The molecule has 4 rings (SSSR count). The second-order valence-electron chi connectivity index (χ2n) is 7.73. The number of aromatic amines is 1. The highest BCUT2D eigenvalue weighted by atomic mass is 16.5. The molecule has 1 aliphatic heterocycles. The summed E-state index contributed by atoms with van der Waals surface area (Å²) < 4.78 is 5.41. The number of fused-ring (bicyclic) bond motifs is 1. The number of aromatic nitrogens is 4. The lowest BCUT2D eigenvalue weighted by Crippen LogP contribution is -2.39. The quantitative estimate of drug-likeness (QED) is 0.865. The van der Waals surface area contributed by atoms with Gasteiger partial charge in [-0.25, -0.2) is 9.97 Å². The molecule has 1 fully saturated rings. The number of ether oxygens (including phenoxy) is 1. The summed E-state index contributed by atoms with van der Waals surface area (Å²) in [4.78, 5) is 24.0. The van der Waals surface area contributed by atoms with Gasteiger partial charge in [-0.05, 0) is 18.3 Å². The molecule has 2 N–H and O–H groups in total. The van der Waals surface area contributed by atoms with Gasteiger partial charge in [0.05, 0.1) is 36.7 Å². The van der Waals surface area contributed by atoms with Crippen LogP contribution in [0.3, 0.4) is 0 Å². The number of morpholine rings is 1. The number of anilines is 1. The van der Waals surface area contributed by atoms with Crippen LogP contribution in [0.1, 0.15) is 47.9 Å². The van der Waals surface area contributed by atoms with Crippen LogP contribution < -0.4 is 10.2 Å². The highest BCUT2D eigenvalue weighted by Crippen LogP contribution is 2.40. The second-order valence-corrected chi connectivity index (χ2v) is 7.73.